The number of aromatic nitrogens is 2. The molecule has 2 heterocycles. The molecule has 0 atom stereocenters. The molecule has 3 aromatic carbocycles. The fraction of sp³-hybridized carbons (Fsp3) is 0.222. The van der Waals surface area contributed by atoms with Gasteiger partial charge in [0, 0.05) is 18.2 Å². The van der Waals surface area contributed by atoms with E-state index in [0.717, 1.165) is 23.2 Å². The molecule has 0 saturated carbocycles. The molecular formula is C27H25N3O4S. The Morgan fingerprint density at radius 2 is 1.83 bits per heavy atom. The highest BCUT2D eigenvalue weighted by atomic mass is 32.2. The molecule has 1 aliphatic heterocycles. The number of benzene rings is 3. The number of carbonyl (C=O) groups is 1. The Kier molecular flexibility index (Phi) is 6.46. The van der Waals surface area contributed by atoms with Gasteiger partial charge in [0.2, 0.25) is 5.91 Å². The van der Waals surface area contributed by atoms with Crippen LogP contribution >= 0.6 is 11.8 Å². The second kappa shape index (κ2) is 9.84. The number of nitrogens with zero attached hydrogens (tertiary/aromatic N) is 2. The van der Waals surface area contributed by atoms with E-state index in [1.54, 1.807) is 28.8 Å². The van der Waals surface area contributed by atoms with Crippen molar-refractivity contribution in [1.82, 2.24) is 9.55 Å². The number of ether oxygens (including phenoxy) is 2. The molecule has 7 nitrogen and oxygen atoms in total. The molecule has 1 aliphatic rings. The first-order valence-corrected chi connectivity index (χ1v) is 12.4. The predicted molar refractivity (Wildman–Crippen MR) is 138 cm³/mol. The fourth-order valence-electron chi connectivity index (χ4n) is 4.05. The van der Waals surface area contributed by atoms with Gasteiger partial charge in [-0.25, -0.2) is 4.98 Å². The summed E-state index contributed by atoms with van der Waals surface area (Å²) in [6.07, 6.45) is 0.813. The summed E-state index contributed by atoms with van der Waals surface area (Å²) in [6.45, 7) is 5.16. The van der Waals surface area contributed by atoms with Crippen molar-refractivity contribution in [1.29, 1.82) is 0 Å². The molecule has 8 heteroatoms. The summed E-state index contributed by atoms with van der Waals surface area (Å²) in [6, 6.07) is 18.5. The number of para-hydroxylation sites is 1. The highest BCUT2D eigenvalue weighted by molar-refractivity contribution is 7.99. The number of thioether (sulfide) groups is 1. The molecule has 0 saturated heterocycles. The van der Waals surface area contributed by atoms with E-state index in [2.05, 4.69) is 5.32 Å². The van der Waals surface area contributed by atoms with E-state index in [9.17, 15) is 9.59 Å². The summed E-state index contributed by atoms with van der Waals surface area (Å²) in [5, 5.41) is 3.90. The van der Waals surface area contributed by atoms with Gasteiger partial charge in [0.05, 0.1) is 35.6 Å². The number of hydrogen-bond acceptors (Lipinski definition) is 6. The van der Waals surface area contributed by atoms with Crippen molar-refractivity contribution < 1.29 is 14.3 Å². The van der Waals surface area contributed by atoms with Crippen LogP contribution in [-0.2, 0) is 4.79 Å². The van der Waals surface area contributed by atoms with Crippen LogP contribution in [-0.4, -0.2) is 34.4 Å². The number of aryl methyl sites for hydroxylation is 2. The first kappa shape index (κ1) is 23.0. The van der Waals surface area contributed by atoms with Crippen molar-refractivity contribution in [2.24, 2.45) is 0 Å². The van der Waals surface area contributed by atoms with Gasteiger partial charge in [-0.05, 0) is 49.7 Å². The first-order valence-electron chi connectivity index (χ1n) is 11.4. The molecular weight excluding hydrogens is 462 g/mol. The highest BCUT2D eigenvalue weighted by Gasteiger charge is 2.17. The molecule has 178 valence electrons. The highest BCUT2D eigenvalue weighted by Crippen LogP contribution is 2.32. The van der Waals surface area contributed by atoms with E-state index in [1.807, 2.05) is 50.2 Å². The number of fused-ring (bicyclic) bond motifs is 2. The van der Waals surface area contributed by atoms with Gasteiger partial charge in [0.25, 0.3) is 5.56 Å². The van der Waals surface area contributed by atoms with Crippen LogP contribution < -0.4 is 20.3 Å². The van der Waals surface area contributed by atoms with Gasteiger partial charge in [-0.2, -0.15) is 0 Å². The number of hydrogen-bond donors (Lipinski definition) is 1. The predicted octanol–water partition coefficient (Wildman–Crippen LogP) is 4.89. The average molecular weight is 488 g/mol. The van der Waals surface area contributed by atoms with Crippen LogP contribution in [0.1, 0.15) is 17.5 Å². The summed E-state index contributed by atoms with van der Waals surface area (Å²) in [5.41, 5.74) is 3.89. The Bertz CT molecular complexity index is 1480. The maximum Gasteiger partial charge on any atom is 0.266 e. The second-order valence-electron chi connectivity index (χ2n) is 8.39. The number of rotatable bonds is 5. The smallest absolute Gasteiger partial charge is 0.266 e. The summed E-state index contributed by atoms with van der Waals surface area (Å²) in [7, 11) is 0. The molecule has 0 spiro atoms. The summed E-state index contributed by atoms with van der Waals surface area (Å²) < 4.78 is 13.0. The van der Waals surface area contributed by atoms with Crippen molar-refractivity contribution in [2.75, 3.05) is 24.3 Å². The topological polar surface area (TPSA) is 82.5 Å². The Hall–Kier alpha value is -3.78. The molecule has 0 fully saturated rings. The van der Waals surface area contributed by atoms with Crippen molar-refractivity contribution in [3.05, 3.63) is 82.1 Å². The Balaban J connectivity index is 1.42. The maximum absolute atomic E-state index is 13.5. The van der Waals surface area contributed by atoms with Crippen molar-refractivity contribution in [2.45, 2.75) is 25.4 Å². The zero-order valence-corrected chi connectivity index (χ0v) is 20.4. The van der Waals surface area contributed by atoms with Gasteiger partial charge in [0.1, 0.15) is 0 Å². The van der Waals surface area contributed by atoms with E-state index in [-0.39, 0.29) is 17.2 Å². The zero-order valence-electron chi connectivity index (χ0n) is 19.5. The van der Waals surface area contributed by atoms with E-state index >= 15 is 0 Å². The molecule has 0 aliphatic carbocycles. The minimum atomic E-state index is -0.209. The lowest BCUT2D eigenvalue weighted by atomic mass is 10.1. The summed E-state index contributed by atoms with van der Waals surface area (Å²) >= 11 is 1.23. The molecule has 0 unspecified atom stereocenters. The van der Waals surface area contributed by atoms with Gasteiger partial charge in [-0.1, -0.05) is 41.6 Å². The van der Waals surface area contributed by atoms with Gasteiger partial charge in [-0.15, -0.1) is 0 Å². The second-order valence-corrected chi connectivity index (χ2v) is 9.33. The van der Waals surface area contributed by atoms with E-state index < -0.39 is 0 Å². The van der Waals surface area contributed by atoms with Gasteiger partial charge < -0.3 is 14.8 Å². The minimum Gasteiger partial charge on any atom is -0.490 e. The summed E-state index contributed by atoms with van der Waals surface area (Å²) in [4.78, 5) is 31.0. The van der Waals surface area contributed by atoms with E-state index in [4.69, 9.17) is 14.5 Å². The van der Waals surface area contributed by atoms with Gasteiger partial charge in [0.15, 0.2) is 16.7 Å². The van der Waals surface area contributed by atoms with E-state index in [1.165, 1.54) is 11.8 Å². The molecule has 0 bridgehead atoms. The van der Waals surface area contributed by atoms with Crippen molar-refractivity contribution >= 4 is 34.3 Å². The van der Waals surface area contributed by atoms with Crippen LogP contribution in [0.3, 0.4) is 0 Å². The molecule has 1 amide bonds. The fourth-order valence-corrected chi connectivity index (χ4v) is 4.85. The third kappa shape index (κ3) is 4.88. The molecule has 0 radical (unpaired) electrons. The first-order chi connectivity index (χ1) is 17.0. The number of nitrogens with one attached hydrogen (secondary N) is 1. The molecule has 4 aromatic rings. The molecule has 5 rings (SSSR count). The molecule has 35 heavy (non-hydrogen) atoms. The Morgan fingerprint density at radius 3 is 2.66 bits per heavy atom. The standard InChI is InChI=1S/C27H25N3O4S/c1-17-8-10-22(18(2)14-17)30-26(32)20-6-3-4-7-21(20)29-27(30)35-16-25(31)28-19-9-11-23-24(15-19)34-13-5-12-33-23/h3-4,6-11,14-15H,5,12-13,16H2,1-2H3,(H,28,31). The molecule has 1 N–H and O–H groups in total. The van der Waals surface area contributed by atoms with Crippen LogP contribution in [0, 0.1) is 13.8 Å². The van der Waals surface area contributed by atoms with Gasteiger partial charge >= 0.3 is 0 Å². The van der Waals surface area contributed by atoms with Crippen LogP contribution in [0.25, 0.3) is 16.6 Å². The summed E-state index contributed by atoms with van der Waals surface area (Å²) in [5.74, 6) is 1.17. The quantitative estimate of drug-likeness (QED) is 0.319. The third-order valence-electron chi connectivity index (χ3n) is 5.70. The van der Waals surface area contributed by atoms with Crippen molar-refractivity contribution in [3.8, 4) is 17.2 Å². The SMILES string of the molecule is Cc1ccc(-n2c(SCC(=O)Nc3ccc4c(c3)OCCCO4)nc3ccccc3c2=O)c(C)c1. The minimum absolute atomic E-state index is 0.0874. The number of amides is 1. The maximum atomic E-state index is 13.5. The van der Waals surface area contributed by atoms with Gasteiger partial charge in [-0.3, -0.25) is 14.2 Å². The normalized spacial score (nSPS) is 12.9. The van der Waals surface area contributed by atoms with Crippen LogP contribution in [0.4, 0.5) is 5.69 Å². The lowest BCUT2D eigenvalue weighted by molar-refractivity contribution is -0.113. The Labute approximate surface area is 207 Å². The van der Waals surface area contributed by atoms with Crippen LogP contribution in [0.5, 0.6) is 11.5 Å². The van der Waals surface area contributed by atoms with Crippen LogP contribution in [0.2, 0.25) is 0 Å². The van der Waals surface area contributed by atoms with Crippen LogP contribution in [0.15, 0.2) is 70.6 Å². The lowest BCUT2D eigenvalue weighted by Gasteiger charge is -2.15. The average Bonchev–Trinajstić information content (AvgIpc) is 3.09. The monoisotopic (exact) mass is 487 g/mol. The molecule has 1 aromatic heterocycles. The number of carbonyl (C=O) groups excluding carboxylic acids is 1. The van der Waals surface area contributed by atoms with E-state index in [0.29, 0.717) is 46.5 Å². The number of anilines is 1. The zero-order chi connectivity index (χ0) is 24.4. The Morgan fingerprint density at radius 1 is 1.03 bits per heavy atom. The van der Waals surface area contributed by atoms with Crippen molar-refractivity contribution in [3.63, 3.8) is 0 Å². The largest absolute Gasteiger partial charge is 0.490 e. The third-order valence-corrected chi connectivity index (χ3v) is 6.64. The lowest BCUT2D eigenvalue weighted by Crippen LogP contribution is -2.23.